The monoisotopic (exact) mass is 363 g/mol. The molecule has 1 saturated heterocycles. The first-order chi connectivity index (χ1) is 12.2. The van der Waals surface area contributed by atoms with Gasteiger partial charge in [0.15, 0.2) is 0 Å². The number of carbonyl (C=O) groups excluding carboxylic acids is 2. The van der Waals surface area contributed by atoms with Crippen LogP contribution in [0.4, 0.5) is 10.5 Å². The SMILES string of the molecule is COc1cc(NC2CCCN(C(=O)OC(C)(C)C)CC2)ccc1C(N)=O. The number of ether oxygens (including phenoxy) is 2. The van der Waals surface area contributed by atoms with Crippen molar-refractivity contribution in [3.63, 3.8) is 0 Å². The second-order valence-electron chi connectivity index (χ2n) is 7.52. The number of anilines is 1. The minimum Gasteiger partial charge on any atom is -0.496 e. The minimum atomic E-state index is -0.518. The van der Waals surface area contributed by atoms with Crippen LogP contribution in [0.3, 0.4) is 0 Å². The lowest BCUT2D eigenvalue weighted by Gasteiger charge is -2.26. The lowest BCUT2D eigenvalue weighted by molar-refractivity contribution is 0.0256. The summed E-state index contributed by atoms with van der Waals surface area (Å²) in [6, 6.07) is 5.48. The molecular formula is C19H29N3O4. The zero-order valence-electron chi connectivity index (χ0n) is 16.0. The molecule has 7 nitrogen and oxygen atoms in total. The fourth-order valence-corrected chi connectivity index (χ4v) is 2.97. The Hall–Kier alpha value is -2.44. The van der Waals surface area contributed by atoms with Crippen molar-refractivity contribution >= 4 is 17.7 Å². The van der Waals surface area contributed by atoms with Gasteiger partial charge in [-0.05, 0) is 52.2 Å². The highest BCUT2D eigenvalue weighted by atomic mass is 16.6. The van der Waals surface area contributed by atoms with Gasteiger partial charge in [-0.15, -0.1) is 0 Å². The number of likely N-dealkylation sites (tertiary alicyclic amines) is 1. The largest absolute Gasteiger partial charge is 0.496 e. The molecule has 0 spiro atoms. The Kier molecular flexibility index (Phi) is 6.34. The van der Waals surface area contributed by atoms with Crippen LogP contribution in [0.15, 0.2) is 18.2 Å². The van der Waals surface area contributed by atoms with Gasteiger partial charge in [0.25, 0.3) is 5.91 Å². The average Bonchev–Trinajstić information content (AvgIpc) is 2.78. The van der Waals surface area contributed by atoms with Crippen molar-refractivity contribution in [2.24, 2.45) is 5.73 Å². The van der Waals surface area contributed by atoms with Crippen LogP contribution in [0.25, 0.3) is 0 Å². The molecule has 1 atom stereocenters. The fraction of sp³-hybridized carbons (Fsp3) is 0.579. The van der Waals surface area contributed by atoms with E-state index in [1.54, 1.807) is 17.0 Å². The Morgan fingerprint density at radius 3 is 2.58 bits per heavy atom. The molecule has 3 N–H and O–H groups in total. The number of methoxy groups -OCH3 is 1. The first kappa shape index (κ1) is 19.9. The van der Waals surface area contributed by atoms with E-state index in [0.29, 0.717) is 24.4 Å². The van der Waals surface area contributed by atoms with E-state index in [9.17, 15) is 9.59 Å². The van der Waals surface area contributed by atoms with Crippen LogP contribution in [0.1, 0.15) is 50.4 Å². The maximum absolute atomic E-state index is 12.2. The molecule has 1 aliphatic heterocycles. The van der Waals surface area contributed by atoms with E-state index in [4.69, 9.17) is 15.2 Å². The number of nitrogens with two attached hydrogens (primary N) is 1. The van der Waals surface area contributed by atoms with Gasteiger partial charge in [0.2, 0.25) is 0 Å². The van der Waals surface area contributed by atoms with Crippen molar-refractivity contribution < 1.29 is 19.1 Å². The maximum atomic E-state index is 12.2. The quantitative estimate of drug-likeness (QED) is 0.858. The molecule has 1 unspecified atom stereocenters. The van der Waals surface area contributed by atoms with E-state index >= 15 is 0 Å². The number of primary amides is 1. The summed E-state index contributed by atoms with van der Waals surface area (Å²) in [5.74, 6) is -0.0672. The summed E-state index contributed by atoms with van der Waals surface area (Å²) >= 11 is 0. The van der Waals surface area contributed by atoms with E-state index < -0.39 is 11.5 Å². The lowest BCUT2D eigenvalue weighted by atomic mass is 10.1. The molecule has 2 amide bonds. The highest BCUT2D eigenvalue weighted by molar-refractivity contribution is 5.96. The number of benzene rings is 1. The lowest BCUT2D eigenvalue weighted by Crippen LogP contribution is -2.37. The van der Waals surface area contributed by atoms with Crippen molar-refractivity contribution in [3.05, 3.63) is 23.8 Å². The highest BCUT2D eigenvalue weighted by Crippen LogP contribution is 2.25. The summed E-state index contributed by atoms with van der Waals surface area (Å²) in [6.07, 6.45) is 2.40. The Morgan fingerprint density at radius 2 is 1.96 bits per heavy atom. The van der Waals surface area contributed by atoms with Crippen molar-refractivity contribution in [3.8, 4) is 5.75 Å². The molecule has 0 saturated carbocycles. The number of carbonyl (C=O) groups is 2. The Labute approximate surface area is 154 Å². The van der Waals surface area contributed by atoms with E-state index in [1.165, 1.54) is 7.11 Å². The number of nitrogens with zero attached hydrogens (tertiary/aromatic N) is 1. The van der Waals surface area contributed by atoms with Gasteiger partial charge in [-0.1, -0.05) is 0 Å². The first-order valence-corrected chi connectivity index (χ1v) is 8.92. The molecule has 1 heterocycles. The van der Waals surface area contributed by atoms with Gasteiger partial charge in [-0.25, -0.2) is 4.79 Å². The summed E-state index contributed by atoms with van der Waals surface area (Å²) < 4.78 is 10.7. The van der Waals surface area contributed by atoms with Gasteiger partial charge in [0, 0.05) is 30.9 Å². The van der Waals surface area contributed by atoms with Crippen LogP contribution in [0.5, 0.6) is 5.75 Å². The molecule has 1 aromatic carbocycles. The second-order valence-corrected chi connectivity index (χ2v) is 7.52. The van der Waals surface area contributed by atoms with Crippen LogP contribution in [0.2, 0.25) is 0 Å². The first-order valence-electron chi connectivity index (χ1n) is 8.92. The van der Waals surface area contributed by atoms with Crippen LogP contribution in [0, 0.1) is 0 Å². The summed E-state index contributed by atoms with van der Waals surface area (Å²) in [4.78, 5) is 25.4. The average molecular weight is 363 g/mol. The second kappa shape index (κ2) is 8.29. The fourth-order valence-electron chi connectivity index (χ4n) is 2.97. The third kappa shape index (κ3) is 5.54. The predicted octanol–water partition coefficient (Wildman–Crippen LogP) is 3.00. The Balaban J connectivity index is 1.97. The van der Waals surface area contributed by atoms with Gasteiger partial charge in [0.05, 0.1) is 12.7 Å². The predicted molar refractivity (Wildman–Crippen MR) is 101 cm³/mol. The Bertz CT molecular complexity index is 655. The number of hydrogen-bond donors (Lipinski definition) is 2. The molecule has 7 heteroatoms. The highest BCUT2D eigenvalue weighted by Gasteiger charge is 2.25. The third-order valence-corrected chi connectivity index (χ3v) is 4.22. The molecular weight excluding hydrogens is 334 g/mol. The summed E-state index contributed by atoms with van der Waals surface area (Å²) in [7, 11) is 1.51. The molecule has 1 aromatic rings. The van der Waals surface area contributed by atoms with Crippen LogP contribution < -0.4 is 15.8 Å². The van der Waals surface area contributed by atoms with Crippen molar-refractivity contribution in [2.75, 3.05) is 25.5 Å². The summed E-state index contributed by atoms with van der Waals surface area (Å²) in [5.41, 5.74) is 6.08. The summed E-state index contributed by atoms with van der Waals surface area (Å²) in [5, 5.41) is 3.46. The van der Waals surface area contributed by atoms with E-state index in [-0.39, 0.29) is 12.1 Å². The molecule has 0 bridgehead atoms. The van der Waals surface area contributed by atoms with Crippen LogP contribution in [-0.4, -0.2) is 48.7 Å². The normalized spacial score (nSPS) is 18.0. The number of rotatable bonds is 4. The molecule has 0 aliphatic carbocycles. The smallest absolute Gasteiger partial charge is 0.410 e. The van der Waals surface area contributed by atoms with E-state index in [0.717, 1.165) is 24.9 Å². The molecule has 0 aromatic heterocycles. The zero-order chi connectivity index (χ0) is 19.3. The molecule has 144 valence electrons. The standard InChI is InChI=1S/C19H29N3O4/c1-19(2,3)26-18(24)22-10-5-6-13(9-11-22)21-14-7-8-15(17(20)23)16(12-14)25-4/h7-8,12-13,21H,5-6,9-11H2,1-4H3,(H2,20,23). The summed E-state index contributed by atoms with van der Waals surface area (Å²) in [6.45, 7) is 6.95. The van der Waals surface area contributed by atoms with Gasteiger partial charge in [-0.3, -0.25) is 4.79 Å². The van der Waals surface area contributed by atoms with Gasteiger partial charge in [-0.2, -0.15) is 0 Å². The van der Waals surface area contributed by atoms with E-state index in [1.807, 2.05) is 26.8 Å². The third-order valence-electron chi connectivity index (χ3n) is 4.22. The maximum Gasteiger partial charge on any atom is 0.410 e. The van der Waals surface area contributed by atoms with Crippen molar-refractivity contribution in [1.82, 2.24) is 4.90 Å². The molecule has 2 rings (SSSR count). The molecule has 0 radical (unpaired) electrons. The van der Waals surface area contributed by atoms with Gasteiger partial charge < -0.3 is 25.4 Å². The van der Waals surface area contributed by atoms with Gasteiger partial charge >= 0.3 is 6.09 Å². The number of nitrogens with one attached hydrogen (secondary N) is 1. The molecule has 1 fully saturated rings. The van der Waals surface area contributed by atoms with Crippen LogP contribution >= 0.6 is 0 Å². The zero-order valence-corrected chi connectivity index (χ0v) is 16.0. The topological polar surface area (TPSA) is 93.9 Å². The van der Waals surface area contributed by atoms with E-state index in [2.05, 4.69) is 5.32 Å². The number of hydrogen-bond acceptors (Lipinski definition) is 5. The van der Waals surface area contributed by atoms with Crippen molar-refractivity contribution in [2.45, 2.75) is 51.7 Å². The molecule has 26 heavy (non-hydrogen) atoms. The van der Waals surface area contributed by atoms with Crippen molar-refractivity contribution in [1.29, 1.82) is 0 Å². The van der Waals surface area contributed by atoms with Crippen LogP contribution in [-0.2, 0) is 4.74 Å². The Morgan fingerprint density at radius 1 is 1.23 bits per heavy atom. The minimum absolute atomic E-state index is 0.228. The van der Waals surface area contributed by atoms with Gasteiger partial charge in [0.1, 0.15) is 11.4 Å². The number of amides is 2. The molecule has 1 aliphatic rings.